The van der Waals surface area contributed by atoms with Gasteiger partial charge in [-0.2, -0.15) is 0 Å². The van der Waals surface area contributed by atoms with E-state index in [1.54, 1.807) is 11.3 Å². The van der Waals surface area contributed by atoms with Crippen molar-refractivity contribution >= 4 is 31.6 Å². The molecule has 0 unspecified atom stereocenters. The predicted octanol–water partition coefficient (Wildman–Crippen LogP) is 12.2. The Morgan fingerprint density at radius 2 is 0.878 bits per heavy atom. The van der Waals surface area contributed by atoms with Gasteiger partial charge in [-0.15, -0.1) is 11.3 Å². The summed E-state index contributed by atoms with van der Waals surface area (Å²) in [6.07, 6.45) is 0. The summed E-state index contributed by atoms with van der Waals surface area (Å²) >= 11 is 1.72. The van der Waals surface area contributed by atoms with E-state index < -0.39 is 0 Å². The van der Waals surface area contributed by atoms with Crippen LogP contribution < -0.4 is 0 Å². The lowest BCUT2D eigenvalue weighted by molar-refractivity contribution is 1.24. The lowest BCUT2D eigenvalue weighted by Crippen LogP contribution is -1.94. The van der Waals surface area contributed by atoms with Gasteiger partial charge in [-0.1, -0.05) is 146 Å². The van der Waals surface area contributed by atoms with E-state index >= 15 is 0 Å². The summed E-state index contributed by atoms with van der Waals surface area (Å²) in [6.45, 7) is 0. The molecule has 0 radical (unpaired) electrons. The van der Waals surface area contributed by atoms with Crippen LogP contribution in [0.15, 0.2) is 176 Å². The van der Waals surface area contributed by atoms with Crippen molar-refractivity contribution < 1.29 is 0 Å². The maximum absolute atomic E-state index is 5.23. The smallest absolute Gasteiger partial charge is 0.161 e. The summed E-state index contributed by atoms with van der Waals surface area (Å²) in [5.74, 6) is 0.737. The minimum Gasteiger partial charge on any atom is -0.248 e. The summed E-state index contributed by atoms with van der Waals surface area (Å²) in [4.78, 5) is 16.5. The van der Waals surface area contributed by atoms with E-state index in [9.17, 15) is 0 Å². The van der Waals surface area contributed by atoms with E-state index in [2.05, 4.69) is 152 Å². The van der Waals surface area contributed by atoms with Crippen LogP contribution in [0.5, 0.6) is 0 Å². The number of pyridine rings is 1. The average molecular weight is 644 g/mol. The maximum Gasteiger partial charge on any atom is 0.161 e. The molecule has 0 saturated carbocycles. The first-order valence-corrected chi connectivity index (χ1v) is 17.2. The molecule has 3 nitrogen and oxygen atoms in total. The van der Waals surface area contributed by atoms with Crippen molar-refractivity contribution in [3.63, 3.8) is 0 Å². The third-order valence-electron chi connectivity index (χ3n) is 8.90. The van der Waals surface area contributed by atoms with Crippen LogP contribution in [-0.4, -0.2) is 15.0 Å². The van der Waals surface area contributed by atoms with Gasteiger partial charge in [0.15, 0.2) is 5.82 Å². The van der Waals surface area contributed by atoms with Crippen molar-refractivity contribution in [2.24, 2.45) is 0 Å². The van der Waals surface area contributed by atoms with Crippen LogP contribution in [0.25, 0.3) is 87.7 Å². The van der Waals surface area contributed by atoms with Crippen LogP contribution >= 0.6 is 11.3 Å². The van der Waals surface area contributed by atoms with E-state index in [-0.39, 0.29) is 0 Å². The lowest BCUT2D eigenvalue weighted by atomic mass is 9.96. The summed E-state index contributed by atoms with van der Waals surface area (Å²) < 4.78 is 1.21. The summed E-state index contributed by atoms with van der Waals surface area (Å²) in [7, 11) is 0. The molecule has 0 amide bonds. The first-order chi connectivity index (χ1) is 24.3. The third-order valence-corrected chi connectivity index (χ3v) is 9.97. The zero-order valence-corrected chi connectivity index (χ0v) is 27.3. The molecule has 0 aliphatic rings. The van der Waals surface area contributed by atoms with E-state index in [1.807, 2.05) is 24.3 Å². The number of fused-ring (bicyclic) bond motifs is 3. The van der Waals surface area contributed by atoms with Crippen molar-refractivity contribution in [2.75, 3.05) is 0 Å². The van der Waals surface area contributed by atoms with Crippen LogP contribution in [-0.2, 0) is 0 Å². The van der Waals surface area contributed by atoms with Crippen LogP contribution in [0.3, 0.4) is 0 Å². The Balaban J connectivity index is 1.17. The van der Waals surface area contributed by atoms with E-state index in [4.69, 9.17) is 15.0 Å². The normalized spacial score (nSPS) is 11.3. The Bertz CT molecular complexity index is 2540. The highest BCUT2D eigenvalue weighted by atomic mass is 32.1. The molecule has 49 heavy (non-hydrogen) atoms. The van der Waals surface area contributed by atoms with Crippen molar-refractivity contribution in [1.29, 1.82) is 0 Å². The molecule has 0 aliphatic heterocycles. The van der Waals surface area contributed by atoms with Gasteiger partial charge in [0, 0.05) is 37.7 Å². The summed E-state index contributed by atoms with van der Waals surface area (Å²) in [6, 6.07) is 61.5. The van der Waals surface area contributed by atoms with Crippen LogP contribution in [0.2, 0.25) is 0 Å². The highest BCUT2D eigenvalue weighted by Gasteiger charge is 2.17. The number of hydrogen-bond donors (Lipinski definition) is 0. The molecule has 6 aromatic carbocycles. The van der Waals surface area contributed by atoms with E-state index in [0.29, 0.717) is 0 Å². The minimum absolute atomic E-state index is 0.737. The Morgan fingerprint density at radius 1 is 0.347 bits per heavy atom. The molecule has 230 valence electrons. The number of hydrogen-bond acceptors (Lipinski definition) is 4. The lowest BCUT2D eigenvalue weighted by Gasteiger charge is -2.12. The summed E-state index contributed by atoms with van der Waals surface area (Å²) in [5.41, 5.74) is 11.6. The molecule has 9 rings (SSSR count). The third kappa shape index (κ3) is 5.58. The maximum atomic E-state index is 5.23. The molecule has 0 saturated heterocycles. The Hall–Kier alpha value is -6.23. The number of nitrogens with zero attached hydrogens (tertiary/aromatic N) is 3. The zero-order chi connectivity index (χ0) is 32.6. The predicted molar refractivity (Wildman–Crippen MR) is 205 cm³/mol. The van der Waals surface area contributed by atoms with Crippen LogP contribution in [0, 0.1) is 0 Å². The first kappa shape index (κ1) is 29.0. The van der Waals surface area contributed by atoms with Crippen molar-refractivity contribution in [3.8, 4) is 67.4 Å². The number of rotatable bonds is 6. The Kier molecular flexibility index (Phi) is 7.34. The zero-order valence-electron chi connectivity index (χ0n) is 26.5. The van der Waals surface area contributed by atoms with Gasteiger partial charge in [0.2, 0.25) is 0 Å². The topological polar surface area (TPSA) is 38.7 Å². The van der Waals surface area contributed by atoms with Gasteiger partial charge in [0.05, 0.1) is 17.1 Å². The highest BCUT2D eigenvalue weighted by molar-refractivity contribution is 7.25. The molecule has 0 aliphatic carbocycles. The standard InChI is InChI=1S/C45H29N3S/c1-4-14-30(15-5-1)37-28-39(31-16-6-2-7-17-31)46-40(29-37)35-22-12-20-33(26-35)34-21-13-23-36(27-34)43-42-38-24-10-11-25-41(38)49-45(42)48-44(47-43)32-18-8-3-9-19-32/h1-29H. The fraction of sp³-hybridized carbons (Fsp3) is 0. The molecular formula is C45H29N3S. The first-order valence-electron chi connectivity index (χ1n) is 16.4. The average Bonchev–Trinajstić information content (AvgIpc) is 3.57. The Labute approximate surface area is 288 Å². The van der Waals surface area contributed by atoms with E-state index in [1.165, 1.54) is 15.6 Å². The van der Waals surface area contributed by atoms with Gasteiger partial charge < -0.3 is 0 Å². The van der Waals surface area contributed by atoms with Gasteiger partial charge in [-0.3, -0.25) is 0 Å². The molecule has 0 atom stereocenters. The van der Waals surface area contributed by atoms with Gasteiger partial charge in [0.1, 0.15) is 4.83 Å². The van der Waals surface area contributed by atoms with E-state index in [0.717, 1.165) is 72.1 Å². The molecule has 0 spiro atoms. The molecule has 0 N–H and O–H groups in total. The molecule has 3 heterocycles. The fourth-order valence-corrected chi connectivity index (χ4v) is 7.56. The molecule has 0 fully saturated rings. The van der Waals surface area contributed by atoms with Gasteiger partial charge in [0.25, 0.3) is 0 Å². The largest absolute Gasteiger partial charge is 0.248 e. The van der Waals surface area contributed by atoms with Crippen LogP contribution in [0.1, 0.15) is 0 Å². The minimum atomic E-state index is 0.737. The Morgan fingerprint density at radius 3 is 1.59 bits per heavy atom. The van der Waals surface area contributed by atoms with Crippen molar-refractivity contribution in [2.45, 2.75) is 0 Å². The van der Waals surface area contributed by atoms with Crippen molar-refractivity contribution in [1.82, 2.24) is 15.0 Å². The second-order valence-electron chi connectivity index (χ2n) is 12.1. The molecule has 0 bridgehead atoms. The van der Waals surface area contributed by atoms with Gasteiger partial charge in [-0.25, -0.2) is 15.0 Å². The molecular weight excluding hydrogens is 615 g/mol. The summed E-state index contributed by atoms with van der Waals surface area (Å²) in [5, 5.41) is 2.28. The number of thiophene rings is 1. The molecule has 9 aromatic rings. The monoisotopic (exact) mass is 643 g/mol. The van der Waals surface area contributed by atoms with Crippen LogP contribution in [0.4, 0.5) is 0 Å². The highest BCUT2D eigenvalue weighted by Crippen LogP contribution is 2.40. The quantitative estimate of drug-likeness (QED) is 0.181. The fourth-order valence-electron chi connectivity index (χ4n) is 6.48. The second kappa shape index (κ2) is 12.4. The second-order valence-corrected chi connectivity index (χ2v) is 13.1. The van der Waals surface area contributed by atoms with Gasteiger partial charge in [-0.05, 0) is 52.6 Å². The van der Waals surface area contributed by atoms with Crippen molar-refractivity contribution in [3.05, 3.63) is 176 Å². The number of benzene rings is 6. The molecule has 4 heteroatoms. The SMILES string of the molecule is c1ccc(-c2cc(-c3ccccc3)nc(-c3cccc(-c4cccc(-c5nc(-c6ccccc6)nc6sc7ccccc7c56)c4)c3)c2)cc1. The molecule has 3 aromatic heterocycles. The number of aromatic nitrogens is 3. The van der Waals surface area contributed by atoms with Gasteiger partial charge >= 0.3 is 0 Å².